The van der Waals surface area contributed by atoms with Crippen LogP contribution < -0.4 is 0 Å². The van der Waals surface area contributed by atoms with Crippen LogP contribution in [0.1, 0.15) is 31.1 Å². The van der Waals surface area contributed by atoms with Crippen LogP contribution in [0.5, 0.6) is 0 Å². The second kappa shape index (κ2) is 4.94. The number of aromatic nitrogens is 2. The topological polar surface area (TPSA) is 47.3 Å². The Morgan fingerprint density at radius 2 is 2.28 bits per heavy atom. The van der Waals surface area contributed by atoms with Crippen LogP contribution in [0.2, 0.25) is 0 Å². The lowest BCUT2D eigenvalue weighted by Crippen LogP contribution is -2.15. The van der Waals surface area contributed by atoms with E-state index >= 15 is 0 Å². The normalized spacial score (nSPS) is 31.4. The Morgan fingerprint density at radius 3 is 2.94 bits per heavy atom. The molecule has 4 nitrogen and oxygen atoms in total. The van der Waals surface area contributed by atoms with Gasteiger partial charge in [0.1, 0.15) is 6.10 Å². The monoisotopic (exact) mass is 314 g/mol. The van der Waals surface area contributed by atoms with Crippen LogP contribution in [-0.2, 0) is 11.3 Å². The molecule has 18 heavy (non-hydrogen) atoms. The third-order valence-electron chi connectivity index (χ3n) is 4.46. The second-order valence-electron chi connectivity index (χ2n) is 5.37. The first-order valence-electron chi connectivity index (χ1n) is 6.62. The summed E-state index contributed by atoms with van der Waals surface area (Å²) in [6, 6.07) is 0. The Balaban J connectivity index is 1.76. The van der Waals surface area contributed by atoms with E-state index < -0.39 is 0 Å². The molecule has 3 atom stereocenters. The molecular weight excluding hydrogens is 296 g/mol. The summed E-state index contributed by atoms with van der Waals surface area (Å²) in [6.07, 6.45) is 5.30. The molecule has 3 rings (SSSR count). The number of fused-ring (bicyclic) bond motifs is 1. The quantitative estimate of drug-likeness (QED) is 0.907. The maximum Gasteiger partial charge on any atom is 0.100 e. The lowest BCUT2D eigenvalue weighted by Gasteiger charge is -2.15. The molecular formula is C13H19BrN2O2. The molecule has 1 heterocycles. The number of hydrogen-bond acceptors (Lipinski definition) is 3. The van der Waals surface area contributed by atoms with Crippen molar-refractivity contribution in [3.63, 3.8) is 0 Å². The van der Waals surface area contributed by atoms with Crippen molar-refractivity contribution in [2.45, 2.75) is 31.9 Å². The van der Waals surface area contributed by atoms with Gasteiger partial charge in [0, 0.05) is 7.11 Å². The Bertz CT molecular complexity index is 425. The van der Waals surface area contributed by atoms with E-state index in [-0.39, 0.29) is 6.10 Å². The fraction of sp³-hybridized carbons (Fsp3) is 0.769. The van der Waals surface area contributed by atoms with E-state index in [1.54, 1.807) is 13.3 Å². The molecule has 100 valence electrons. The molecule has 1 aromatic rings. The molecule has 0 amide bonds. The average molecular weight is 315 g/mol. The predicted octanol–water partition coefficient (Wildman–Crippen LogP) is 2.37. The van der Waals surface area contributed by atoms with Gasteiger partial charge >= 0.3 is 0 Å². The van der Waals surface area contributed by atoms with Crippen LogP contribution in [0, 0.1) is 17.8 Å². The van der Waals surface area contributed by atoms with Crippen LogP contribution in [-0.4, -0.2) is 28.6 Å². The van der Waals surface area contributed by atoms with Gasteiger partial charge in [-0.05, 0) is 46.5 Å². The SMILES string of the molecule is COCCn1ncc(Br)c1C(O)C1C2CCCC21. The standard InChI is InChI=1S/C13H19BrN2O2/c1-18-6-5-16-12(10(14)7-15-16)13(17)11-8-3-2-4-9(8)11/h7-9,11,13,17H,2-6H2,1H3. The van der Waals surface area contributed by atoms with Gasteiger partial charge in [0.2, 0.25) is 0 Å². The van der Waals surface area contributed by atoms with Crippen LogP contribution >= 0.6 is 15.9 Å². The Hall–Kier alpha value is -0.390. The molecule has 0 saturated heterocycles. The van der Waals surface area contributed by atoms with Crippen molar-refractivity contribution in [3.8, 4) is 0 Å². The van der Waals surface area contributed by atoms with Crippen molar-refractivity contribution in [3.05, 3.63) is 16.4 Å². The van der Waals surface area contributed by atoms with Crippen molar-refractivity contribution >= 4 is 15.9 Å². The minimum absolute atomic E-state index is 0.381. The first-order chi connectivity index (χ1) is 8.74. The van der Waals surface area contributed by atoms with E-state index in [0.717, 1.165) is 22.0 Å². The summed E-state index contributed by atoms with van der Waals surface area (Å²) in [6.45, 7) is 1.31. The molecule has 0 radical (unpaired) electrons. The highest BCUT2D eigenvalue weighted by atomic mass is 79.9. The molecule has 2 saturated carbocycles. The highest BCUT2D eigenvalue weighted by molar-refractivity contribution is 9.10. The molecule has 5 heteroatoms. The summed E-state index contributed by atoms with van der Waals surface area (Å²) in [5.74, 6) is 1.95. The number of ether oxygens (including phenoxy) is 1. The molecule has 2 aliphatic carbocycles. The summed E-state index contributed by atoms with van der Waals surface area (Å²) in [7, 11) is 1.68. The number of methoxy groups -OCH3 is 1. The largest absolute Gasteiger partial charge is 0.386 e. The number of hydrogen-bond donors (Lipinski definition) is 1. The first kappa shape index (κ1) is 12.6. The molecule has 3 unspecified atom stereocenters. The fourth-order valence-corrected chi connectivity index (χ4v) is 4.08. The molecule has 2 fully saturated rings. The van der Waals surface area contributed by atoms with Gasteiger partial charge in [0.15, 0.2) is 0 Å². The van der Waals surface area contributed by atoms with Crippen molar-refractivity contribution in [1.82, 2.24) is 9.78 Å². The smallest absolute Gasteiger partial charge is 0.100 e. The fourth-order valence-electron chi connectivity index (χ4n) is 3.55. The minimum atomic E-state index is -0.381. The summed E-state index contributed by atoms with van der Waals surface area (Å²) in [5, 5.41) is 14.9. The zero-order valence-corrected chi connectivity index (χ0v) is 12.1. The Morgan fingerprint density at radius 1 is 1.56 bits per heavy atom. The van der Waals surface area contributed by atoms with E-state index in [9.17, 15) is 5.11 Å². The van der Waals surface area contributed by atoms with Gasteiger partial charge in [-0.3, -0.25) is 4.68 Å². The van der Waals surface area contributed by atoms with Gasteiger partial charge in [0.25, 0.3) is 0 Å². The van der Waals surface area contributed by atoms with Gasteiger partial charge < -0.3 is 9.84 Å². The zero-order valence-electron chi connectivity index (χ0n) is 10.6. The van der Waals surface area contributed by atoms with Gasteiger partial charge in [0.05, 0.1) is 29.5 Å². The molecule has 0 spiro atoms. The van der Waals surface area contributed by atoms with Crippen LogP contribution in [0.4, 0.5) is 0 Å². The number of rotatable bonds is 5. The van der Waals surface area contributed by atoms with Gasteiger partial charge in [-0.1, -0.05) is 6.42 Å². The molecule has 0 aliphatic heterocycles. The van der Waals surface area contributed by atoms with E-state index in [2.05, 4.69) is 21.0 Å². The number of nitrogens with zero attached hydrogens (tertiary/aromatic N) is 2. The van der Waals surface area contributed by atoms with Crippen molar-refractivity contribution in [2.75, 3.05) is 13.7 Å². The summed E-state index contributed by atoms with van der Waals surface area (Å²) >= 11 is 3.50. The van der Waals surface area contributed by atoms with Crippen LogP contribution in [0.25, 0.3) is 0 Å². The molecule has 1 aromatic heterocycles. The van der Waals surface area contributed by atoms with Crippen LogP contribution in [0.3, 0.4) is 0 Å². The van der Waals surface area contributed by atoms with Gasteiger partial charge in [-0.2, -0.15) is 5.10 Å². The maximum atomic E-state index is 10.6. The van der Waals surface area contributed by atoms with E-state index in [1.807, 2.05) is 4.68 Å². The van der Waals surface area contributed by atoms with Gasteiger partial charge in [-0.25, -0.2) is 0 Å². The number of aliphatic hydroxyl groups excluding tert-OH is 1. The van der Waals surface area contributed by atoms with E-state index in [0.29, 0.717) is 19.1 Å². The lowest BCUT2D eigenvalue weighted by molar-refractivity contribution is 0.121. The number of aliphatic hydroxyl groups is 1. The van der Waals surface area contributed by atoms with E-state index in [4.69, 9.17) is 4.74 Å². The maximum absolute atomic E-state index is 10.6. The predicted molar refractivity (Wildman–Crippen MR) is 71.1 cm³/mol. The summed E-state index contributed by atoms with van der Waals surface area (Å²) in [5.41, 5.74) is 0.923. The summed E-state index contributed by atoms with van der Waals surface area (Å²) < 4.78 is 7.86. The highest BCUT2D eigenvalue weighted by Crippen LogP contribution is 2.62. The molecule has 1 N–H and O–H groups in total. The third kappa shape index (κ3) is 2.02. The third-order valence-corrected chi connectivity index (χ3v) is 5.07. The Kier molecular flexibility index (Phi) is 3.47. The minimum Gasteiger partial charge on any atom is -0.386 e. The molecule has 0 bridgehead atoms. The average Bonchev–Trinajstić information content (AvgIpc) is 2.73. The Labute approximate surface area is 115 Å². The van der Waals surface area contributed by atoms with Crippen molar-refractivity contribution in [2.24, 2.45) is 17.8 Å². The van der Waals surface area contributed by atoms with Crippen molar-refractivity contribution in [1.29, 1.82) is 0 Å². The first-order valence-corrected chi connectivity index (χ1v) is 7.41. The molecule has 2 aliphatic rings. The molecule has 0 aromatic carbocycles. The van der Waals surface area contributed by atoms with Crippen molar-refractivity contribution < 1.29 is 9.84 Å². The lowest BCUT2D eigenvalue weighted by atomic mass is 10.0. The zero-order chi connectivity index (χ0) is 12.7. The summed E-state index contributed by atoms with van der Waals surface area (Å²) in [4.78, 5) is 0. The van der Waals surface area contributed by atoms with Crippen LogP contribution in [0.15, 0.2) is 10.7 Å². The van der Waals surface area contributed by atoms with E-state index in [1.165, 1.54) is 19.3 Å². The van der Waals surface area contributed by atoms with Gasteiger partial charge in [-0.15, -0.1) is 0 Å². The highest BCUT2D eigenvalue weighted by Gasteiger charge is 2.56. The second-order valence-corrected chi connectivity index (χ2v) is 6.23. The number of halogens is 1.